The van der Waals surface area contributed by atoms with E-state index in [2.05, 4.69) is 32.2 Å². The van der Waals surface area contributed by atoms with Gasteiger partial charge in [-0.1, -0.05) is 49.6 Å². The molecule has 1 aliphatic carbocycles. The van der Waals surface area contributed by atoms with Crippen LogP contribution >= 0.6 is 0 Å². The van der Waals surface area contributed by atoms with E-state index in [-0.39, 0.29) is 5.60 Å². The van der Waals surface area contributed by atoms with Crippen molar-refractivity contribution < 1.29 is 9.53 Å². The van der Waals surface area contributed by atoms with Crippen LogP contribution in [0.3, 0.4) is 0 Å². The average Bonchev–Trinajstić information content (AvgIpc) is 2.37. The van der Waals surface area contributed by atoms with Gasteiger partial charge < -0.3 is 9.53 Å². The number of hydrogen-bond acceptors (Lipinski definition) is 2. The molecule has 2 nitrogen and oxygen atoms in total. The van der Waals surface area contributed by atoms with Gasteiger partial charge in [0, 0.05) is 6.42 Å². The van der Waals surface area contributed by atoms with Crippen LogP contribution in [-0.2, 0) is 10.8 Å². The zero-order valence-corrected chi connectivity index (χ0v) is 15.7. The van der Waals surface area contributed by atoms with Crippen LogP contribution in [0.1, 0.15) is 51.5 Å². The molecule has 1 aliphatic rings. The summed E-state index contributed by atoms with van der Waals surface area (Å²) in [7, 11) is -1.90. The third kappa shape index (κ3) is 5.53. The Labute approximate surface area is 137 Å². The summed E-state index contributed by atoms with van der Waals surface area (Å²) in [6.45, 7) is 8.74. The molecule has 1 aromatic rings. The van der Waals surface area contributed by atoms with Crippen molar-refractivity contribution >= 4 is 8.32 Å². The molecule has 2 rings (SSSR count). The highest BCUT2D eigenvalue weighted by Gasteiger charge is 2.39. The first-order valence-corrected chi connectivity index (χ1v) is 11.8. The van der Waals surface area contributed by atoms with Crippen molar-refractivity contribution in [1.29, 1.82) is 0 Å². The highest BCUT2D eigenvalue weighted by Crippen LogP contribution is 2.36. The van der Waals surface area contributed by atoms with Gasteiger partial charge in [0.1, 0.15) is 0 Å². The van der Waals surface area contributed by atoms with Crippen LogP contribution < -0.4 is 0 Å². The second kappa shape index (κ2) is 6.86. The van der Waals surface area contributed by atoms with Crippen LogP contribution in [0.4, 0.5) is 0 Å². The second-order valence-electron chi connectivity index (χ2n) is 8.21. The third-order valence-corrected chi connectivity index (χ3v) is 7.33. The lowest BCUT2D eigenvalue weighted by Crippen LogP contribution is -2.48. The van der Waals surface area contributed by atoms with Gasteiger partial charge in [-0.3, -0.25) is 0 Å². The maximum absolute atomic E-state index is 10.9. The molecule has 0 aliphatic heterocycles. The molecule has 3 heteroatoms. The van der Waals surface area contributed by atoms with Crippen LogP contribution in [0.15, 0.2) is 30.3 Å². The van der Waals surface area contributed by atoms with Gasteiger partial charge in [-0.2, -0.15) is 0 Å². The maximum Gasteiger partial charge on any atom is 0.190 e. The largest absolute Gasteiger partial charge is 0.412 e. The molecule has 1 fully saturated rings. The summed E-state index contributed by atoms with van der Waals surface area (Å²) in [5.41, 5.74) is 0.542. The normalized spacial score (nSPS) is 21.3. The predicted molar refractivity (Wildman–Crippen MR) is 95.6 cm³/mol. The van der Waals surface area contributed by atoms with E-state index in [1.165, 1.54) is 37.7 Å². The topological polar surface area (TPSA) is 29.5 Å². The summed E-state index contributed by atoms with van der Waals surface area (Å²) in [6.07, 6.45) is 6.94. The van der Waals surface area contributed by atoms with Crippen molar-refractivity contribution in [2.45, 2.75) is 82.7 Å². The van der Waals surface area contributed by atoms with Crippen molar-refractivity contribution in [3.8, 4) is 0 Å². The second-order valence-corrected chi connectivity index (χ2v) is 12.3. The fourth-order valence-corrected chi connectivity index (χ4v) is 7.69. The quantitative estimate of drug-likeness (QED) is 0.753. The minimum Gasteiger partial charge on any atom is -0.412 e. The first-order chi connectivity index (χ1) is 10.2. The standard InChI is InChI=1S/C19H32O2Si/c1-18(20,15-17-11-7-5-8-12-17)16-22(3,4)21-19(2)13-9-6-10-14-19/h5,7-8,11-12,20H,6,9-10,13-16H2,1-4H3/t18-/m1/s1. The van der Waals surface area contributed by atoms with Gasteiger partial charge in [0.05, 0.1) is 11.2 Å². The number of hydrogen-bond donors (Lipinski definition) is 1. The number of aliphatic hydroxyl groups is 1. The van der Waals surface area contributed by atoms with E-state index < -0.39 is 13.9 Å². The van der Waals surface area contributed by atoms with Gasteiger partial charge in [-0.15, -0.1) is 0 Å². The Morgan fingerprint density at radius 2 is 1.73 bits per heavy atom. The van der Waals surface area contributed by atoms with E-state index in [1.54, 1.807) is 0 Å². The Morgan fingerprint density at radius 1 is 1.14 bits per heavy atom. The molecule has 1 N–H and O–H groups in total. The molecule has 0 spiro atoms. The lowest BCUT2D eigenvalue weighted by molar-refractivity contribution is 0.0263. The van der Waals surface area contributed by atoms with E-state index in [4.69, 9.17) is 4.43 Å². The Hall–Kier alpha value is -0.643. The molecule has 0 saturated heterocycles. The van der Waals surface area contributed by atoms with Gasteiger partial charge in [0.25, 0.3) is 0 Å². The molecule has 0 amide bonds. The van der Waals surface area contributed by atoms with Crippen LogP contribution in [0.25, 0.3) is 0 Å². The van der Waals surface area contributed by atoms with Crippen molar-refractivity contribution in [3.63, 3.8) is 0 Å². The van der Waals surface area contributed by atoms with Gasteiger partial charge >= 0.3 is 0 Å². The zero-order valence-electron chi connectivity index (χ0n) is 14.7. The smallest absolute Gasteiger partial charge is 0.190 e. The first-order valence-electron chi connectivity index (χ1n) is 8.66. The van der Waals surface area contributed by atoms with Crippen LogP contribution in [0.5, 0.6) is 0 Å². The first kappa shape index (κ1) is 17.7. The summed E-state index contributed by atoms with van der Waals surface area (Å²) in [5.74, 6) is 0. The molecule has 22 heavy (non-hydrogen) atoms. The van der Waals surface area contributed by atoms with Crippen LogP contribution in [0, 0.1) is 0 Å². The molecule has 0 unspecified atom stereocenters. The molecule has 1 aromatic carbocycles. The Kier molecular flexibility index (Phi) is 5.52. The lowest BCUT2D eigenvalue weighted by atomic mass is 9.87. The van der Waals surface area contributed by atoms with Gasteiger partial charge in [0.15, 0.2) is 8.32 Å². The average molecular weight is 321 g/mol. The third-order valence-electron chi connectivity index (χ3n) is 4.67. The Bertz CT molecular complexity index is 462. The molecule has 0 heterocycles. The van der Waals surface area contributed by atoms with Crippen LogP contribution in [-0.4, -0.2) is 24.6 Å². The van der Waals surface area contributed by atoms with Crippen molar-refractivity contribution in [1.82, 2.24) is 0 Å². The molecule has 1 atom stereocenters. The van der Waals surface area contributed by atoms with E-state index in [9.17, 15) is 5.11 Å². The summed E-state index contributed by atoms with van der Waals surface area (Å²) in [4.78, 5) is 0. The van der Waals surface area contributed by atoms with E-state index in [1.807, 2.05) is 25.1 Å². The zero-order chi connectivity index (χ0) is 16.3. The number of rotatable bonds is 6. The van der Waals surface area contributed by atoms with E-state index >= 15 is 0 Å². The van der Waals surface area contributed by atoms with Crippen molar-refractivity contribution in [2.75, 3.05) is 0 Å². The molecule has 0 aromatic heterocycles. The molecule has 124 valence electrons. The molecule has 0 bridgehead atoms. The SMILES string of the molecule is CC1(O[Si](C)(C)C[C@](C)(O)Cc2ccccc2)CCCCC1. The maximum atomic E-state index is 10.9. The Balaban J connectivity index is 1.97. The summed E-state index contributed by atoms with van der Waals surface area (Å²) >= 11 is 0. The fourth-order valence-electron chi connectivity index (χ4n) is 4.12. The fraction of sp³-hybridized carbons (Fsp3) is 0.684. The van der Waals surface area contributed by atoms with Crippen molar-refractivity contribution in [3.05, 3.63) is 35.9 Å². The van der Waals surface area contributed by atoms with Crippen LogP contribution in [0.2, 0.25) is 19.1 Å². The predicted octanol–water partition coefficient (Wildman–Crippen LogP) is 4.92. The van der Waals surface area contributed by atoms with E-state index in [0.29, 0.717) is 6.42 Å². The number of benzene rings is 1. The van der Waals surface area contributed by atoms with Crippen molar-refractivity contribution in [2.24, 2.45) is 0 Å². The molecule has 0 radical (unpaired) electrons. The lowest BCUT2D eigenvalue weighted by Gasteiger charge is -2.42. The highest BCUT2D eigenvalue weighted by atomic mass is 28.4. The van der Waals surface area contributed by atoms with Gasteiger partial charge in [-0.05, 0) is 51.4 Å². The summed E-state index contributed by atoms with van der Waals surface area (Å²) in [6, 6.07) is 11.0. The Morgan fingerprint density at radius 3 is 2.32 bits per heavy atom. The van der Waals surface area contributed by atoms with E-state index in [0.717, 1.165) is 6.04 Å². The van der Waals surface area contributed by atoms with Gasteiger partial charge in [-0.25, -0.2) is 0 Å². The van der Waals surface area contributed by atoms with Gasteiger partial charge in [0.2, 0.25) is 0 Å². The molecular formula is C19H32O2Si. The minimum atomic E-state index is -1.90. The monoisotopic (exact) mass is 320 g/mol. The minimum absolute atomic E-state index is 0.0385. The molecule has 1 saturated carbocycles. The summed E-state index contributed by atoms with van der Waals surface area (Å²) in [5, 5.41) is 10.9. The summed E-state index contributed by atoms with van der Waals surface area (Å²) < 4.78 is 6.62. The highest BCUT2D eigenvalue weighted by molar-refractivity contribution is 6.71. The molecular weight excluding hydrogens is 288 g/mol.